The summed E-state index contributed by atoms with van der Waals surface area (Å²) < 4.78 is 16.5. The molecule has 2 aromatic heterocycles. The lowest BCUT2D eigenvalue weighted by Crippen LogP contribution is -2.29. The number of ether oxygens (including phenoxy) is 1. The van der Waals surface area contributed by atoms with Crippen LogP contribution in [0, 0.1) is 11.3 Å². The second-order valence-electron chi connectivity index (χ2n) is 8.73. The Kier molecular flexibility index (Phi) is 7.48. The molecule has 0 fully saturated rings. The van der Waals surface area contributed by atoms with E-state index >= 15 is 0 Å². The van der Waals surface area contributed by atoms with Crippen molar-refractivity contribution in [3.8, 4) is 6.07 Å². The van der Waals surface area contributed by atoms with Gasteiger partial charge in [0.05, 0.1) is 40.2 Å². The first-order valence-electron chi connectivity index (χ1n) is 12.0. The van der Waals surface area contributed by atoms with Crippen LogP contribution in [-0.2, 0) is 16.1 Å². The van der Waals surface area contributed by atoms with Crippen LogP contribution in [0.4, 0.5) is 0 Å². The molecule has 0 unspecified atom stereocenters. The van der Waals surface area contributed by atoms with Crippen molar-refractivity contribution < 1.29 is 23.2 Å². The largest absolute Gasteiger partial charge is 0.468 e. The number of rotatable bonds is 8. The zero-order valence-electron chi connectivity index (χ0n) is 20.8. The van der Waals surface area contributed by atoms with Crippen LogP contribution in [0.25, 0.3) is 11.0 Å². The molecule has 3 heterocycles. The topological polar surface area (TPSA) is 123 Å². The minimum absolute atomic E-state index is 0.0668. The van der Waals surface area contributed by atoms with Gasteiger partial charge >= 0.3 is 11.6 Å². The van der Waals surface area contributed by atoms with Crippen LogP contribution in [0.1, 0.15) is 34.5 Å². The van der Waals surface area contributed by atoms with Gasteiger partial charge in [-0.15, -0.1) is 0 Å². The highest BCUT2D eigenvalue weighted by Gasteiger charge is 2.37. The SMILES string of the molecule is CC1=C(C(=O)OCc2ccccc2)[C@H](c2ccco2)C(C#N)=C(SCC(=O)c2cc3ccccc3oc2=O)N1. The molecule has 1 aliphatic heterocycles. The minimum Gasteiger partial charge on any atom is -0.468 e. The molecule has 39 heavy (non-hydrogen) atoms. The van der Waals surface area contributed by atoms with Gasteiger partial charge in [0.1, 0.15) is 23.5 Å². The average molecular weight is 539 g/mol. The van der Waals surface area contributed by atoms with E-state index in [1.54, 1.807) is 43.3 Å². The molecule has 4 aromatic rings. The Labute approximate surface area is 227 Å². The highest BCUT2D eigenvalue weighted by Crippen LogP contribution is 2.41. The van der Waals surface area contributed by atoms with Crippen LogP contribution in [0.3, 0.4) is 0 Å². The van der Waals surface area contributed by atoms with Gasteiger partial charge in [0, 0.05) is 11.1 Å². The number of para-hydroxylation sites is 1. The average Bonchev–Trinajstić information content (AvgIpc) is 3.49. The summed E-state index contributed by atoms with van der Waals surface area (Å²) in [7, 11) is 0. The molecule has 0 spiro atoms. The van der Waals surface area contributed by atoms with Crippen LogP contribution in [0.2, 0.25) is 0 Å². The maximum Gasteiger partial charge on any atom is 0.347 e. The quantitative estimate of drug-likeness (QED) is 0.177. The molecule has 2 aromatic carbocycles. The number of allylic oxidation sites excluding steroid dienone is 2. The molecule has 0 radical (unpaired) electrons. The van der Waals surface area contributed by atoms with Crippen LogP contribution in [-0.4, -0.2) is 17.5 Å². The summed E-state index contributed by atoms with van der Waals surface area (Å²) in [6, 6.07) is 23.2. The van der Waals surface area contributed by atoms with Crippen LogP contribution in [0.15, 0.2) is 115 Å². The lowest BCUT2D eigenvalue weighted by molar-refractivity contribution is -0.140. The Balaban J connectivity index is 1.41. The van der Waals surface area contributed by atoms with Gasteiger partial charge in [-0.2, -0.15) is 5.26 Å². The number of carbonyl (C=O) groups is 2. The number of fused-ring (bicyclic) bond motifs is 1. The number of ketones is 1. The molecule has 0 aliphatic carbocycles. The Morgan fingerprint density at radius 3 is 2.59 bits per heavy atom. The monoisotopic (exact) mass is 538 g/mol. The number of hydrogen-bond donors (Lipinski definition) is 1. The molecule has 5 rings (SSSR count). The Bertz CT molecular complexity index is 1710. The summed E-state index contributed by atoms with van der Waals surface area (Å²) in [5.41, 5.74) is 1.33. The summed E-state index contributed by atoms with van der Waals surface area (Å²) in [4.78, 5) is 38.7. The third-order valence-corrected chi connectivity index (χ3v) is 7.21. The van der Waals surface area contributed by atoms with E-state index in [0.717, 1.165) is 17.3 Å². The fourth-order valence-electron chi connectivity index (χ4n) is 4.31. The molecule has 1 aliphatic rings. The molecule has 1 N–H and O–H groups in total. The van der Waals surface area contributed by atoms with Crippen molar-refractivity contribution in [2.75, 3.05) is 5.75 Å². The number of thioether (sulfide) groups is 1. The first kappa shape index (κ1) is 25.8. The normalized spacial score (nSPS) is 15.1. The zero-order valence-corrected chi connectivity index (χ0v) is 21.6. The smallest absolute Gasteiger partial charge is 0.347 e. The van der Waals surface area contributed by atoms with Gasteiger partial charge in [-0.1, -0.05) is 60.3 Å². The zero-order chi connectivity index (χ0) is 27.4. The second kappa shape index (κ2) is 11.3. The second-order valence-corrected chi connectivity index (χ2v) is 9.71. The van der Waals surface area contributed by atoms with Crippen LogP contribution in [0.5, 0.6) is 0 Å². The third kappa shape index (κ3) is 5.42. The summed E-state index contributed by atoms with van der Waals surface area (Å²) in [6.45, 7) is 1.76. The minimum atomic E-state index is -0.835. The van der Waals surface area contributed by atoms with E-state index in [4.69, 9.17) is 13.6 Å². The molecule has 0 saturated carbocycles. The van der Waals surface area contributed by atoms with Gasteiger partial charge in [-0.3, -0.25) is 4.79 Å². The Morgan fingerprint density at radius 1 is 1.08 bits per heavy atom. The molecule has 0 bridgehead atoms. The number of Topliss-reactive ketones (excluding diaryl/α,β-unsaturated/α-hetero) is 1. The lowest BCUT2D eigenvalue weighted by Gasteiger charge is -2.27. The molecule has 0 saturated heterocycles. The molecular weight excluding hydrogens is 516 g/mol. The van der Waals surface area contributed by atoms with Gasteiger partial charge < -0.3 is 18.9 Å². The van der Waals surface area contributed by atoms with Crippen molar-refractivity contribution in [1.82, 2.24) is 5.32 Å². The van der Waals surface area contributed by atoms with Crippen molar-refractivity contribution in [2.45, 2.75) is 19.4 Å². The van der Waals surface area contributed by atoms with Crippen molar-refractivity contribution in [1.29, 1.82) is 5.26 Å². The van der Waals surface area contributed by atoms with E-state index in [-0.39, 0.29) is 29.1 Å². The number of benzene rings is 2. The summed E-state index contributed by atoms with van der Waals surface area (Å²) >= 11 is 1.06. The van der Waals surface area contributed by atoms with Gasteiger partial charge in [0.2, 0.25) is 0 Å². The highest BCUT2D eigenvalue weighted by molar-refractivity contribution is 8.03. The number of nitrogens with zero attached hydrogens (tertiary/aromatic N) is 1. The van der Waals surface area contributed by atoms with E-state index < -0.39 is 23.3 Å². The summed E-state index contributed by atoms with van der Waals surface area (Å²) in [5, 5.41) is 14.3. The number of carbonyl (C=O) groups excluding carboxylic acids is 2. The van der Waals surface area contributed by atoms with Crippen molar-refractivity contribution >= 4 is 34.5 Å². The van der Waals surface area contributed by atoms with Crippen LogP contribution >= 0.6 is 11.8 Å². The van der Waals surface area contributed by atoms with Gasteiger partial charge in [0.15, 0.2) is 5.78 Å². The van der Waals surface area contributed by atoms with Crippen molar-refractivity contribution in [3.05, 3.63) is 128 Å². The maximum atomic E-state index is 13.3. The van der Waals surface area contributed by atoms with E-state index in [1.165, 1.54) is 12.3 Å². The molecule has 9 heteroatoms. The lowest BCUT2D eigenvalue weighted by atomic mass is 9.86. The first-order valence-corrected chi connectivity index (χ1v) is 13.0. The number of nitrogens with one attached hydrogen (secondary N) is 1. The highest BCUT2D eigenvalue weighted by atomic mass is 32.2. The standard InChI is InChI=1S/C30H22N2O6S/c1-18-26(30(35)37-16-19-8-3-2-4-9-19)27(25-12-7-13-36-25)22(15-31)28(32-18)39-17-23(33)21-14-20-10-5-6-11-24(20)38-29(21)34/h2-14,27,32H,16-17H2,1H3/t27-/m0/s1. The first-order chi connectivity index (χ1) is 19.0. The maximum absolute atomic E-state index is 13.3. The molecule has 194 valence electrons. The molecule has 0 amide bonds. The third-order valence-electron chi connectivity index (χ3n) is 6.20. The molecular formula is C30H22N2O6S. The number of esters is 1. The van der Waals surface area contributed by atoms with E-state index in [0.29, 0.717) is 27.5 Å². The molecule has 8 nitrogen and oxygen atoms in total. The number of furan rings is 1. The van der Waals surface area contributed by atoms with Crippen molar-refractivity contribution in [3.63, 3.8) is 0 Å². The van der Waals surface area contributed by atoms with Gasteiger partial charge in [0.25, 0.3) is 0 Å². The predicted molar refractivity (Wildman–Crippen MR) is 145 cm³/mol. The fraction of sp³-hybridized carbons (Fsp3) is 0.133. The fourth-order valence-corrected chi connectivity index (χ4v) is 5.28. The number of nitriles is 1. The van der Waals surface area contributed by atoms with Gasteiger partial charge in [-0.05, 0) is 36.8 Å². The molecule has 1 atom stereocenters. The predicted octanol–water partition coefficient (Wildman–Crippen LogP) is 5.44. The summed E-state index contributed by atoms with van der Waals surface area (Å²) in [6.07, 6.45) is 1.46. The van der Waals surface area contributed by atoms with Crippen molar-refractivity contribution in [2.24, 2.45) is 0 Å². The number of dihydropyridines is 1. The van der Waals surface area contributed by atoms with Gasteiger partial charge in [-0.25, -0.2) is 9.59 Å². The van der Waals surface area contributed by atoms with Crippen LogP contribution < -0.4 is 10.9 Å². The summed E-state index contributed by atoms with van der Waals surface area (Å²) in [5.74, 6) is -1.62. The van der Waals surface area contributed by atoms with E-state index in [1.807, 2.05) is 30.3 Å². The van der Waals surface area contributed by atoms with E-state index in [2.05, 4.69) is 11.4 Å². The Hall–Kier alpha value is -4.81. The Morgan fingerprint density at radius 2 is 1.85 bits per heavy atom. The van der Waals surface area contributed by atoms with E-state index in [9.17, 15) is 19.6 Å². The number of hydrogen-bond acceptors (Lipinski definition) is 9.